The monoisotopic (exact) mass is 404 g/mol. The van der Waals surface area contributed by atoms with E-state index in [1.807, 2.05) is 4.90 Å². The molecule has 29 heavy (non-hydrogen) atoms. The first kappa shape index (κ1) is 21.7. The molecule has 2 heterocycles. The van der Waals surface area contributed by atoms with Crippen LogP contribution in [-0.4, -0.2) is 85.4 Å². The van der Waals surface area contributed by atoms with Gasteiger partial charge in [0.25, 0.3) is 0 Å². The SMILES string of the molecule is O=C(CN1CCN(CC(=O)N2CCCCCC2)CC1)NCCc1ccc(F)cc1. The molecule has 2 aliphatic rings. The van der Waals surface area contributed by atoms with Crippen molar-refractivity contribution in [1.82, 2.24) is 20.0 Å². The first-order chi connectivity index (χ1) is 14.1. The number of benzene rings is 1. The van der Waals surface area contributed by atoms with E-state index in [9.17, 15) is 14.0 Å². The topological polar surface area (TPSA) is 55.9 Å². The van der Waals surface area contributed by atoms with Crippen LogP contribution in [0, 0.1) is 5.82 Å². The van der Waals surface area contributed by atoms with Crippen LogP contribution in [0.5, 0.6) is 0 Å². The number of piperazine rings is 1. The average molecular weight is 405 g/mol. The van der Waals surface area contributed by atoms with Crippen LogP contribution in [-0.2, 0) is 16.0 Å². The third-order valence-corrected chi connectivity index (χ3v) is 5.80. The number of hydrogen-bond acceptors (Lipinski definition) is 4. The smallest absolute Gasteiger partial charge is 0.236 e. The number of nitrogens with one attached hydrogen (secondary N) is 1. The molecule has 0 bridgehead atoms. The zero-order valence-corrected chi connectivity index (χ0v) is 17.2. The molecule has 2 aliphatic heterocycles. The van der Waals surface area contributed by atoms with Gasteiger partial charge in [0.15, 0.2) is 0 Å². The van der Waals surface area contributed by atoms with Crippen molar-refractivity contribution in [2.75, 3.05) is 58.9 Å². The fraction of sp³-hybridized carbons (Fsp3) is 0.636. The van der Waals surface area contributed by atoms with Gasteiger partial charge in [-0.1, -0.05) is 25.0 Å². The predicted octanol–water partition coefficient (Wildman–Crippen LogP) is 1.50. The maximum atomic E-state index is 12.9. The number of rotatable bonds is 7. The van der Waals surface area contributed by atoms with E-state index in [-0.39, 0.29) is 17.6 Å². The number of amides is 2. The summed E-state index contributed by atoms with van der Waals surface area (Å²) in [7, 11) is 0. The number of likely N-dealkylation sites (tertiary alicyclic amines) is 1. The molecule has 1 N–H and O–H groups in total. The number of carbonyl (C=O) groups is 2. The van der Waals surface area contributed by atoms with E-state index in [4.69, 9.17) is 0 Å². The van der Waals surface area contributed by atoms with Gasteiger partial charge in [-0.15, -0.1) is 0 Å². The second kappa shape index (κ2) is 11.3. The summed E-state index contributed by atoms with van der Waals surface area (Å²) in [6.07, 6.45) is 5.40. The summed E-state index contributed by atoms with van der Waals surface area (Å²) < 4.78 is 12.9. The lowest BCUT2D eigenvalue weighted by molar-refractivity contribution is -0.133. The van der Waals surface area contributed by atoms with Gasteiger partial charge in [0.1, 0.15) is 5.82 Å². The van der Waals surface area contributed by atoms with E-state index in [1.165, 1.54) is 25.0 Å². The van der Waals surface area contributed by atoms with Crippen molar-refractivity contribution in [2.24, 2.45) is 0 Å². The minimum Gasteiger partial charge on any atom is -0.355 e. The van der Waals surface area contributed by atoms with E-state index >= 15 is 0 Å². The Hall–Kier alpha value is -1.99. The normalized spacial score (nSPS) is 19.0. The summed E-state index contributed by atoms with van der Waals surface area (Å²) in [6.45, 7) is 6.49. The van der Waals surface area contributed by atoms with Crippen molar-refractivity contribution < 1.29 is 14.0 Å². The van der Waals surface area contributed by atoms with Crippen molar-refractivity contribution in [2.45, 2.75) is 32.1 Å². The molecule has 6 nitrogen and oxygen atoms in total. The molecule has 0 spiro atoms. The molecule has 7 heteroatoms. The van der Waals surface area contributed by atoms with Gasteiger partial charge < -0.3 is 10.2 Å². The summed E-state index contributed by atoms with van der Waals surface area (Å²) in [6, 6.07) is 6.36. The van der Waals surface area contributed by atoms with Crippen LogP contribution in [0.3, 0.4) is 0 Å². The molecule has 1 aromatic rings. The van der Waals surface area contributed by atoms with Crippen molar-refractivity contribution in [3.05, 3.63) is 35.6 Å². The van der Waals surface area contributed by atoms with Gasteiger partial charge in [0.2, 0.25) is 11.8 Å². The molecule has 0 aromatic heterocycles. The van der Waals surface area contributed by atoms with E-state index in [2.05, 4.69) is 15.1 Å². The number of nitrogens with zero attached hydrogens (tertiary/aromatic N) is 3. The third-order valence-electron chi connectivity index (χ3n) is 5.80. The van der Waals surface area contributed by atoms with Gasteiger partial charge in [0, 0.05) is 45.8 Å². The largest absolute Gasteiger partial charge is 0.355 e. The highest BCUT2D eigenvalue weighted by molar-refractivity contribution is 5.78. The Morgan fingerprint density at radius 2 is 1.41 bits per heavy atom. The summed E-state index contributed by atoms with van der Waals surface area (Å²) in [5.41, 5.74) is 1.01. The Morgan fingerprint density at radius 3 is 2.03 bits per heavy atom. The van der Waals surface area contributed by atoms with Crippen LogP contribution in [0.2, 0.25) is 0 Å². The Kier molecular flexibility index (Phi) is 8.43. The van der Waals surface area contributed by atoms with Gasteiger partial charge in [-0.3, -0.25) is 19.4 Å². The number of carbonyl (C=O) groups excluding carboxylic acids is 2. The maximum Gasteiger partial charge on any atom is 0.236 e. The molecule has 0 saturated carbocycles. The van der Waals surface area contributed by atoms with Gasteiger partial charge in [-0.25, -0.2) is 4.39 Å². The Balaban J connectivity index is 1.30. The Bertz CT molecular complexity index is 651. The molecule has 1 aromatic carbocycles. The molecular weight excluding hydrogens is 371 g/mol. The van der Waals surface area contributed by atoms with Gasteiger partial charge in [0.05, 0.1) is 13.1 Å². The standard InChI is InChI=1S/C22H33FN4O2/c23-20-7-5-19(6-8-20)9-10-24-21(28)17-25-13-15-26(16-14-25)18-22(29)27-11-3-1-2-4-12-27/h5-8H,1-4,9-18H2,(H,24,28). The second-order valence-electron chi connectivity index (χ2n) is 8.07. The molecule has 0 radical (unpaired) electrons. The zero-order valence-electron chi connectivity index (χ0n) is 17.2. The molecular formula is C22H33FN4O2. The fourth-order valence-electron chi connectivity index (χ4n) is 3.97. The summed E-state index contributed by atoms with van der Waals surface area (Å²) in [4.78, 5) is 31.1. The van der Waals surface area contributed by atoms with Crippen LogP contribution in [0.25, 0.3) is 0 Å². The van der Waals surface area contributed by atoms with Crippen molar-refractivity contribution >= 4 is 11.8 Å². The van der Waals surface area contributed by atoms with E-state index in [0.29, 0.717) is 26.1 Å². The molecule has 0 atom stereocenters. The van der Waals surface area contributed by atoms with Crippen molar-refractivity contribution in [3.8, 4) is 0 Å². The first-order valence-electron chi connectivity index (χ1n) is 10.8. The van der Waals surface area contributed by atoms with Gasteiger partial charge in [-0.2, -0.15) is 0 Å². The third kappa shape index (κ3) is 7.40. The average Bonchev–Trinajstić information content (AvgIpc) is 3.01. The quantitative estimate of drug-likeness (QED) is 0.749. The minimum atomic E-state index is -0.245. The second-order valence-corrected chi connectivity index (χ2v) is 8.07. The number of halogens is 1. The Morgan fingerprint density at radius 1 is 0.828 bits per heavy atom. The summed E-state index contributed by atoms with van der Waals surface area (Å²) >= 11 is 0. The van der Waals surface area contributed by atoms with Crippen LogP contribution >= 0.6 is 0 Å². The summed E-state index contributed by atoms with van der Waals surface area (Å²) in [5, 5.41) is 2.94. The number of hydrogen-bond donors (Lipinski definition) is 1. The predicted molar refractivity (Wildman–Crippen MR) is 111 cm³/mol. The highest BCUT2D eigenvalue weighted by Crippen LogP contribution is 2.11. The lowest BCUT2D eigenvalue weighted by atomic mass is 10.1. The zero-order chi connectivity index (χ0) is 20.5. The van der Waals surface area contributed by atoms with Crippen LogP contribution in [0.15, 0.2) is 24.3 Å². The van der Waals surface area contributed by atoms with Crippen LogP contribution in [0.1, 0.15) is 31.2 Å². The molecule has 3 rings (SSSR count). The summed E-state index contributed by atoms with van der Waals surface area (Å²) in [5.74, 6) is 0.0187. The molecule has 0 unspecified atom stereocenters. The van der Waals surface area contributed by atoms with Gasteiger partial charge in [-0.05, 0) is 37.0 Å². The molecule has 2 fully saturated rings. The molecule has 2 saturated heterocycles. The highest BCUT2D eigenvalue weighted by atomic mass is 19.1. The van der Waals surface area contributed by atoms with Crippen molar-refractivity contribution in [1.29, 1.82) is 0 Å². The van der Waals surface area contributed by atoms with Crippen LogP contribution < -0.4 is 5.32 Å². The molecule has 0 aliphatic carbocycles. The van der Waals surface area contributed by atoms with E-state index < -0.39 is 0 Å². The van der Waals surface area contributed by atoms with E-state index in [1.54, 1.807) is 12.1 Å². The first-order valence-corrected chi connectivity index (χ1v) is 10.8. The van der Waals surface area contributed by atoms with Crippen molar-refractivity contribution in [3.63, 3.8) is 0 Å². The van der Waals surface area contributed by atoms with Crippen LogP contribution in [0.4, 0.5) is 4.39 Å². The molecule has 2 amide bonds. The lowest BCUT2D eigenvalue weighted by Gasteiger charge is -2.35. The van der Waals surface area contributed by atoms with E-state index in [0.717, 1.165) is 57.7 Å². The highest BCUT2D eigenvalue weighted by Gasteiger charge is 2.23. The van der Waals surface area contributed by atoms with Gasteiger partial charge >= 0.3 is 0 Å². The Labute approximate surface area is 173 Å². The minimum absolute atomic E-state index is 0.0150. The lowest BCUT2D eigenvalue weighted by Crippen LogP contribution is -2.52. The molecule has 160 valence electrons. The maximum absolute atomic E-state index is 12.9. The fourth-order valence-corrected chi connectivity index (χ4v) is 3.97.